The third kappa shape index (κ3) is 2.34. The summed E-state index contributed by atoms with van der Waals surface area (Å²) in [6.45, 7) is 1.79. The molecule has 0 unspecified atom stereocenters. The number of ether oxygens (including phenoxy) is 1. The fourth-order valence-electron chi connectivity index (χ4n) is 2.38. The van der Waals surface area contributed by atoms with Crippen molar-refractivity contribution in [2.45, 2.75) is 31.8 Å². The molecule has 1 aliphatic heterocycles. The zero-order valence-electron chi connectivity index (χ0n) is 11.5. The number of nitrogens with zero attached hydrogens (tertiary/aromatic N) is 1. The minimum absolute atomic E-state index is 0.268. The number of carboxylic acids is 1. The Morgan fingerprint density at radius 1 is 1.55 bits per heavy atom. The lowest BCUT2D eigenvalue weighted by molar-refractivity contribution is -0.140. The van der Waals surface area contributed by atoms with Crippen molar-refractivity contribution in [3.05, 3.63) is 23.8 Å². The molecular weight excluding hydrogens is 260 g/mol. The van der Waals surface area contributed by atoms with Gasteiger partial charge in [-0.25, -0.2) is 4.79 Å². The van der Waals surface area contributed by atoms with Crippen LogP contribution in [0.3, 0.4) is 0 Å². The van der Waals surface area contributed by atoms with Crippen LogP contribution in [0.15, 0.2) is 18.2 Å². The number of nitrogens with two attached hydrogens (primary N) is 1. The van der Waals surface area contributed by atoms with Gasteiger partial charge in [-0.15, -0.1) is 0 Å². The average molecular weight is 278 g/mol. The second-order valence-corrected chi connectivity index (χ2v) is 4.78. The summed E-state index contributed by atoms with van der Waals surface area (Å²) in [5.74, 6) is -0.748. The number of hydrogen-bond donors (Lipinski definition) is 2. The maximum atomic E-state index is 12.3. The highest BCUT2D eigenvalue weighted by Gasteiger charge is 2.39. The largest absolute Gasteiger partial charge is 0.497 e. The van der Waals surface area contributed by atoms with Gasteiger partial charge in [0, 0.05) is 12.1 Å². The molecular formula is C14H18N2O4. The summed E-state index contributed by atoms with van der Waals surface area (Å²) < 4.78 is 5.12. The van der Waals surface area contributed by atoms with E-state index in [0.717, 1.165) is 5.56 Å². The van der Waals surface area contributed by atoms with Gasteiger partial charge in [-0.1, -0.05) is 6.92 Å². The average Bonchev–Trinajstić information content (AvgIpc) is 2.83. The number of fused-ring (bicyclic) bond motifs is 1. The van der Waals surface area contributed by atoms with Crippen molar-refractivity contribution in [3.63, 3.8) is 0 Å². The lowest BCUT2D eigenvalue weighted by Gasteiger charge is -2.25. The first-order chi connectivity index (χ1) is 9.49. The summed E-state index contributed by atoms with van der Waals surface area (Å²) in [7, 11) is 1.54. The van der Waals surface area contributed by atoms with Crippen molar-refractivity contribution < 1.29 is 19.4 Å². The number of rotatable bonds is 4. The van der Waals surface area contributed by atoms with Crippen LogP contribution in [0.4, 0.5) is 5.69 Å². The van der Waals surface area contributed by atoms with Crippen molar-refractivity contribution in [2.75, 3.05) is 12.0 Å². The van der Waals surface area contributed by atoms with Gasteiger partial charge in [0.25, 0.3) is 0 Å². The van der Waals surface area contributed by atoms with Crippen LogP contribution in [-0.4, -0.2) is 36.2 Å². The van der Waals surface area contributed by atoms with Crippen molar-refractivity contribution in [1.82, 2.24) is 0 Å². The minimum Gasteiger partial charge on any atom is -0.497 e. The van der Waals surface area contributed by atoms with Gasteiger partial charge in [-0.3, -0.25) is 9.69 Å². The highest BCUT2D eigenvalue weighted by atomic mass is 16.5. The van der Waals surface area contributed by atoms with Crippen LogP contribution >= 0.6 is 0 Å². The molecule has 0 bridgehead atoms. The van der Waals surface area contributed by atoms with E-state index in [1.54, 1.807) is 32.2 Å². The Kier molecular flexibility index (Phi) is 3.94. The number of anilines is 1. The normalized spacial score (nSPS) is 18.6. The van der Waals surface area contributed by atoms with Crippen molar-refractivity contribution in [3.8, 4) is 5.75 Å². The molecule has 0 aromatic heterocycles. The van der Waals surface area contributed by atoms with E-state index in [9.17, 15) is 14.7 Å². The predicted molar refractivity (Wildman–Crippen MR) is 73.9 cm³/mol. The molecule has 1 aromatic carbocycles. The molecule has 1 aromatic rings. The van der Waals surface area contributed by atoms with E-state index in [4.69, 9.17) is 10.5 Å². The van der Waals surface area contributed by atoms with E-state index in [0.29, 0.717) is 17.9 Å². The Morgan fingerprint density at radius 3 is 2.80 bits per heavy atom. The van der Waals surface area contributed by atoms with Gasteiger partial charge in [-0.05, 0) is 30.2 Å². The highest BCUT2D eigenvalue weighted by molar-refractivity contribution is 6.04. The number of aliphatic carboxylic acids is 1. The topological polar surface area (TPSA) is 92.9 Å². The van der Waals surface area contributed by atoms with Gasteiger partial charge in [0.2, 0.25) is 5.91 Å². The third-order valence-corrected chi connectivity index (χ3v) is 3.55. The van der Waals surface area contributed by atoms with Gasteiger partial charge in [-0.2, -0.15) is 0 Å². The summed E-state index contributed by atoms with van der Waals surface area (Å²) in [5, 5.41) is 9.32. The molecule has 6 heteroatoms. The Hall–Kier alpha value is -2.08. The highest BCUT2D eigenvalue weighted by Crippen LogP contribution is 2.35. The predicted octanol–water partition coefficient (Wildman–Crippen LogP) is 0.775. The molecule has 0 saturated heterocycles. The van der Waals surface area contributed by atoms with E-state index in [-0.39, 0.29) is 12.3 Å². The summed E-state index contributed by atoms with van der Waals surface area (Å²) >= 11 is 0. The Balaban J connectivity index is 2.43. The molecule has 0 saturated carbocycles. The molecule has 1 heterocycles. The summed E-state index contributed by atoms with van der Waals surface area (Å²) in [5.41, 5.74) is 7.15. The Morgan fingerprint density at radius 2 is 2.25 bits per heavy atom. The van der Waals surface area contributed by atoms with Crippen LogP contribution in [0.5, 0.6) is 5.75 Å². The van der Waals surface area contributed by atoms with Crippen LogP contribution < -0.4 is 15.4 Å². The first-order valence-electron chi connectivity index (χ1n) is 6.48. The summed E-state index contributed by atoms with van der Waals surface area (Å²) in [6, 6.07) is 3.58. The maximum absolute atomic E-state index is 12.3. The smallest absolute Gasteiger partial charge is 0.327 e. The third-order valence-electron chi connectivity index (χ3n) is 3.55. The van der Waals surface area contributed by atoms with Gasteiger partial charge >= 0.3 is 5.97 Å². The number of benzene rings is 1. The van der Waals surface area contributed by atoms with Gasteiger partial charge in [0.1, 0.15) is 11.8 Å². The molecule has 0 fully saturated rings. The zero-order chi connectivity index (χ0) is 14.9. The van der Waals surface area contributed by atoms with E-state index >= 15 is 0 Å². The molecule has 0 aliphatic carbocycles. The first kappa shape index (κ1) is 14.3. The van der Waals surface area contributed by atoms with E-state index in [1.807, 2.05) is 0 Å². The number of carbonyl (C=O) groups is 2. The summed E-state index contributed by atoms with van der Waals surface area (Å²) in [6.07, 6.45) is 0.733. The van der Waals surface area contributed by atoms with E-state index in [2.05, 4.69) is 0 Å². The Bertz CT molecular complexity index is 544. The van der Waals surface area contributed by atoms with Crippen molar-refractivity contribution >= 4 is 17.6 Å². The maximum Gasteiger partial charge on any atom is 0.327 e. The first-order valence-corrected chi connectivity index (χ1v) is 6.48. The van der Waals surface area contributed by atoms with E-state index < -0.39 is 18.1 Å². The number of carbonyl (C=O) groups excluding carboxylic acids is 1. The van der Waals surface area contributed by atoms with Crippen molar-refractivity contribution in [1.29, 1.82) is 0 Å². The van der Waals surface area contributed by atoms with Gasteiger partial charge in [0.05, 0.1) is 13.2 Å². The van der Waals surface area contributed by atoms with Crippen LogP contribution in [-0.2, 0) is 16.0 Å². The lowest BCUT2D eigenvalue weighted by Crippen LogP contribution is -2.49. The SMILES string of the molecule is CC[C@H](N)C(=O)N1c2ccc(OC)cc2C[C@@H]1C(=O)O. The fourth-order valence-corrected chi connectivity index (χ4v) is 2.38. The molecule has 108 valence electrons. The molecule has 0 spiro atoms. The second-order valence-electron chi connectivity index (χ2n) is 4.78. The Labute approximate surface area is 117 Å². The van der Waals surface area contributed by atoms with Gasteiger partial charge < -0.3 is 15.6 Å². The monoisotopic (exact) mass is 278 g/mol. The molecule has 1 amide bonds. The molecule has 1 aliphatic rings. The lowest BCUT2D eigenvalue weighted by atomic mass is 10.1. The molecule has 2 atom stereocenters. The number of carboxylic acid groups (broad SMARTS) is 1. The summed E-state index contributed by atoms with van der Waals surface area (Å²) in [4.78, 5) is 25.0. The molecule has 2 rings (SSSR count). The fraction of sp³-hybridized carbons (Fsp3) is 0.429. The standard InChI is InChI=1S/C14H18N2O4/c1-3-10(15)13(17)16-11-5-4-9(20-2)6-8(11)7-12(16)14(18)19/h4-6,10,12H,3,7,15H2,1-2H3,(H,18,19)/t10-,12+/m0/s1. The van der Waals surface area contributed by atoms with Crippen LogP contribution in [0.2, 0.25) is 0 Å². The number of hydrogen-bond acceptors (Lipinski definition) is 4. The molecule has 20 heavy (non-hydrogen) atoms. The number of amides is 1. The second kappa shape index (κ2) is 5.50. The zero-order valence-corrected chi connectivity index (χ0v) is 11.5. The molecule has 0 radical (unpaired) electrons. The van der Waals surface area contributed by atoms with Crippen LogP contribution in [0.1, 0.15) is 18.9 Å². The van der Waals surface area contributed by atoms with Gasteiger partial charge in [0.15, 0.2) is 0 Å². The quantitative estimate of drug-likeness (QED) is 0.848. The van der Waals surface area contributed by atoms with Crippen molar-refractivity contribution in [2.24, 2.45) is 5.73 Å². The molecule has 6 nitrogen and oxygen atoms in total. The number of methoxy groups -OCH3 is 1. The molecule has 3 N–H and O–H groups in total. The van der Waals surface area contributed by atoms with Crippen LogP contribution in [0.25, 0.3) is 0 Å². The minimum atomic E-state index is -1.03. The van der Waals surface area contributed by atoms with E-state index in [1.165, 1.54) is 4.90 Å². The van der Waals surface area contributed by atoms with Crippen LogP contribution in [0, 0.1) is 0 Å².